The third-order valence-corrected chi connectivity index (χ3v) is 1.58. The summed E-state index contributed by atoms with van der Waals surface area (Å²) in [5, 5.41) is 17.9. The molecule has 1 aromatic heterocycles. The van der Waals surface area contributed by atoms with Crippen LogP contribution in [0.1, 0.15) is 5.69 Å². The molecule has 8 heteroatoms. The predicted octanol–water partition coefficient (Wildman–Crippen LogP) is 1.19. The van der Waals surface area contributed by atoms with Gasteiger partial charge in [0, 0.05) is 6.07 Å². The van der Waals surface area contributed by atoms with Crippen molar-refractivity contribution in [1.29, 1.82) is 0 Å². The van der Waals surface area contributed by atoms with Gasteiger partial charge in [-0.3, -0.25) is 0 Å². The third-order valence-electron chi connectivity index (χ3n) is 1.58. The first-order chi connectivity index (χ1) is 7.37. The lowest BCUT2D eigenvalue weighted by molar-refractivity contribution is -0.275. The number of hydrogen-bond acceptors (Lipinski definition) is 5. The van der Waals surface area contributed by atoms with Crippen LogP contribution in [0.5, 0.6) is 17.4 Å². The molecule has 1 rings (SSSR count). The fraction of sp³-hybridized carbons (Fsp3) is 0.375. The van der Waals surface area contributed by atoms with Gasteiger partial charge in [-0.25, -0.2) is 4.98 Å². The summed E-state index contributed by atoms with van der Waals surface area (Å²) in [6.45, 7) is -0.630. The summed E-state index contributed by atoms with van der Waals surface area (Å²) in [7, 11) is 1.09. The van der Waals surface area contributed by atoms with Gasteiger partial charge in [0.25, 0.3) is 5.88 Å². The largest absolute Gasteiger partial charge is 0.573 e. The zero-order valence-corrected chi connectivity index (χ0v) is 8.08. The topological polar surface area (TPSA) is 71.8 Å². The minimum Gasteiger partial charge on any atom is -0.506 e. The highest BCUT2D eigenvalue weighted by molar-refractivity contribution is 5.42. The minimum absolute atomic E-state index is 0.202. The fourth-order valence-corrected chi connectivity index (χ4v) is 0.965. The van der Waals surface area contributed by atoms with E-state index in [-0.39, 0.29) is 5.69 Å². The van der Waals surface area contributed by atoms with Crippen LogP contribution in [0.3, 0.4) is 0 Å². The summed E-state index contributed by atoms with van der Waals surface area (Å²) in [5.74, 6) is -1.86. The summed E-state index contributed by atoms with van der Waals surface area (Å²) in [6, 6.07) is 0.672. The zero-order chi connectivity index (χ0) is 12.3. The lowest BCUT2D eigenvalue weighted by Gasteiger charge is -2.13. The number of rotatable bonds is 3. The van der Waals surface area contributed by atoms with E-state index >= 15 is 0 Å². The van der Waals surface area contributed by atoms with Crippen molar-refractivity contribution >= 4 is 0 Å². The molecule has 0 aliphatic rings. The Balaban J connectivity index is 3.13. The Morgan fingerprint density at radius 2 is 2.06 bits per heavy atom. The molecule has 0 aliphatic heterocycles. The summed E-state index contributed by atoms with van der Waals surface area (Å²) in [5.41, 5.74) is -0.202. The normalized spacial score (nSPS) is 11.3. The van der Waals surface area contributed by atoms with E-state index in [1.54, 1.807) is 0 Å². The molecule has 0 spiro atoms. The van der Waals surface area contributed by atoms with Gasteiger partial charge in [-0.2, -0.15) is 0 Å². The number of pyridine rings is 1. The van der Waals surface area contributed by atoms with Crippen molar-refractivity contribution in [2.45, 2.75) is 13.0 Å². The first kappa shape index (κ1) is 12.4. The smallest absolute Gasteiger partial charge is 0.506 e. The van der Waals surface area contributed by atoms with Crippen LogP contribution in [0.15, 0.2) is 6.07 Å². The Kier molecular flexibility index (Phi) is 3.43. The molecule has 0 fully saturated rings. The molecule has 16 heavy (non-hydrogen) atoms. The Labute approximate surface area is 88.1 Å². The van der Waals surface area contributed by atoms with E-state index in [0.29, 0.717) is 6.07 Å². The Morgan fingerprint density at radius 3 is 2.50 bits per heavy atom. The summed E-state index contributed by atoms with van der Waals surface area (Å²) in [6.07, 6.45) is -4.91. The summed E-state index contributed by atoms with van der Waals surface area (Å²) in [4.78, 5) is 3.45. The van der Waals surface area contributed by atoms with Crippen LogP contribution in [0, 0.1) is 0 Å². The molecule has 0 unspecified atom stereocenters. The SMILES string of the molecule is COc1nc(CO)c(O)cc1OC(F)(F)F. The second-order valence-corrected chi connectivity index (χ2v) is 2.67. The van der Waals surface area contributed by atoms with Crippen molar-refractivity contribution in [2.75, 3.05) is 7.11 Å². The second-order valence-electron chi connectivity index (χ2n) is 2.67. The van der Waals surface area contributed by atoms with E-state index in [1.807, 2.05) is 0 Å². The second kappa shape index (κ2) is 4.44. The van der Waals surface area contributed by atoms with E-state index in [9.17, 15) is 18.3 Å². The van der Waals surface area contributed by atoms with E-state index in [0.717, 1.165) is 7.11 Å². The van der Waals surface area contributed by atoms with Crippen molar-refractivity contribution in [2.24, 2.45) is 0 Å². The highest BCUT2D eigenvalue weighted by Gasteiger charge is 2.33. The number of methoxy groups -OCH3 is 1. The van der Waals surface area contributed by atoms with Crippen LogP contribution < -0.4 is 9.47 Å². The van der Waals surface area contributed by atoms with Gasteiger partial charge in [0.2, 0.25) is 0 Å². The standard InChI is InChI=1S/C8H8F3NO4/c1-15-7-6(16-8(9,10)11)2-5(14)4(3-13)12-7/h2,13-14H,3H2,1H3. The monoisotopic (exact) mass is 239 g/mol. The van der Waals surface area contributed by atoms with E-state index in [4.69, 9.17) is 5.11 Å². The van der Waals surface area contributed by atoms with E-state index in [1.165, 1.54) is 0 Å². The molecule has 0 radical (unpaired) electrons. The highest BCUT2D eigenvalue weighted by atomic mass is 19.4. The number of aromatic nitrogens is 1. The van der Waals surface area contributed by atoms with Gasteiger partial charge in [0.05, 0.1) is 13.7 Å². The molecule has 0 saturated heterocycles. The summed E-state index contributed by atoms with van der Waals surface area (Å²) < 4.78 is 43.9. The molecule has 0 aromatic carbocycles. The van der Waals surface area contributed by atoms with Crippen molar-refractivity contribution in [3.05, 3.63) is 11.8 Å². The van der Waals surface area contributed by atoms with Crippen molar-refractivity contribution in [1.82, 2.24) is 4.98 Å². The first-order valence-electron chi connectivity index (χ1n) is 4.01. The predicted molar refractivity (Wildman–Crippen MR) is 45.1 cm³/mol. The molecule has 0 bridgehead atoms. The van der Waals surface area contributed by atoms with Crippen LogP contribution in [0.2, 0.25) is 0 Å². The number of hydrogen-bond donors (Lipinski definition) is 2. The molecule has 90 valence electrons. The molecular formula is C8H8F3NO4. The average Bonchev–Trinajstić information content (AvgIpc) is 2.16. The molecular weight excluding hydrogens is 231 g/mol. The van der Waals surface area contributed by atoms with Crippen LogP contribution in [-0.2, 0) is 6.61 Å². The highest BCUT2D eigenvalue weighted by Crippen LogP contribution is 2.34. The maximum absolute atomic E-state index is 11.9. The Bertz CT molecular complexity index is 380. The molecule has 1 heterocycles. The molecule has 2 N–H and O–H groups in total. The number of alkyl halides is 3. The van der Waals surface area contributed by atoms with Gasteiger partial charge in [-0.05, 0) is 0 Å². The zero-order valence-electron chi connectivity index (χ0n) is 8.08. The minimum atomic E-state index is -4.91. The number of aromatic hydroxyl groups is 1. The number of halogens is 3. The van der Waals surface area contributed by atoms with Gasteiger partial charge < -0.3 is 19.7 Å². The number of aliphatic hydroxyl groups is 1. The van der Waals surface area contributed by atoms with Crippen LogP contribution >= 0.6 is 0 Å². The number of aliphatic hydroxyl groups excluding tert-OH is 1. The van der Waals surface area contributed by atoms with Crippen LogP contribution in [-0.4, -0.2) is 28.7 Å². The molecule has 0 saturated carbocycles. The molecule has 0 amide bonds. The van der Waals surface area contributed by atoms with Crippen LogP contribution in [0.25, 0.3) is 0 Å². The van der Waals surface area contributed by atoms with Crippen molar-refractivity contribution < 1.29 is 32.9 Å². The Hall–Kier alpha value is -1.70. The molecule has 0 atom stereocenters. The lowest BCUT2D eigenvalue weighted by atomic mass is 10.3. The van der Waals surface area contributed by atoms with Gasteiger partial charge in [0.1, 0.15) is 11.4 Å². The Morgan fingerprint density at radius 1 is 1.44 bits per heavy atom. The van der Waals surface area contributed by atoms with Crippen molar-refractivity contribution in [3.8, 4) is 17.4 Å². The third kappa shape index (κ3) is 2.89. The van der Waals surface area contributed by atoms with E-state index < -0.39 is 30.3 Å². The van der Waals surface area contributed by atoms with Gasteiger partial charge in [-0.15, -0.1) is 13.2 Å². The lowest BCUT2D eigenvalue weighted by Crippen LogP contribution is -2.18. The summed E-state index contributed by atoms with van der Waals surface area (Å²) >= 11 is 0. The molecule has 5 nitrogen and oxygen atoms in total. The first-order valence-corrected chi connectivity index (χ1v) is 4.01. The van der Waals surface area contributed by atoms with Crippen molar-refractivity contribution in [3.63, 3.8) is 0 Å². The van der Waals surface area contributed by atoms with Crippen LogP contribution in [0.4, 0.5) is 13.2 Å². The maximum Gasteiger partial charge on any atom is 0.573 e. The van der Waals surface area contributed by atoms with Gasteiger partial charge >= 0.3 is 6.36 Å². The number of nitrogens with zero attached hydrogens (tertiary/aromatic N) is 1. The quantitative estimate of drug-likeness (QED) is 0.828. The maximum atomic E-state index is 11.9. The average molecular weight is 239 g/mol. The van der Waals surface area contributed by atoms with E-state index in [2.05, 4.69) is 14.5 Å². The van der Waals surface area contributed by atoms with Gasteiger partial charge in [-0.1, -0.05) is 0 Å². The number of ether oxygens (including phenoxy) is 2. The fourth-order valence-electron chi connectivity index (χ4n) is 0.965. The molecule has 1 aromatic rings. The van der Waals surface area contributed by atoms with Gasteiger partial charge in [0.15, 0.2) is 5.75 Å². The molecule has 0 aliphatic carbocycles.